The van der Waals surface area contributed by atoms with E-state index < -0.39 is 113 Å². The lowest BCUT2D eigenvalue weighted by atomic mass is 9.99. The number of hydrogen-bond acceptors (Lipinski definition) is 17. The van der Waals surface area contributed by atoms with Gasteiger partial charge in [0.05, 0.1) is 19.3 Å². The summed E-state index contributed by atoms with van der Waals surface area (Å²) in [5.41, 5.74) is -1.45. The fraction of sp³-hybridized carbons (Fsp3) is 0.467. The summed E-state index contributed by atoms with van der Waals surface area (Å²) in [4.78, 5) is 25.6. The molecule has 10 atom stereocenters. The number of esters is 1. The Morgan fingerprint density at radius 2 is 1.43 bits per heavy atom. The molecule has 0 unspecified atom stereocenters. The second-order valence-corrected chi connectivity index (χ2v) is 11.1. The van der Waals surface area contributed by atoms with E-state index in [1.54, 1.807) is 0 Å². The van der Waals surface area contributed by atoms with Gasteiger partial charge in [-0.05, 0) is 32.0 Å². The average molecular weight is 667 g/mol. The molecule has 0 aliphatic carbocycles. The second-order valence-electron chi connectivity index (χ2n) is 11.1. The zero-order valence-electron chi connectivity index (χ0n) is 25.3. The summed E-state index contributed by atoms with van der Waals surface area (Å²) in [5, 5.41) is 82.9. The molecule has 0 amide bonds. The topological polar surface area (TPSA) is 264 Å². The van der Waals surface area contributed by atoms with E-state index in [4.69, 9.17) is 32.8 Å². The smallest absolute Gasteiger partial charge is 0.303 e. The minimum Gasteiger partial charge on any atom is -0.504 e. The van der Waals surface area contributed by atoms with Crippen LogP contribution in [0.4, 0.5) is 0 Å². The number of hydrogen-bond donors (Lipinski definition) is 8. The first-order valence-corrected chi connectivity index (χ1v) is 14.3. The summed E-state index contributed by atoms with van der Waals surface area (Å²) in [5.74, 6) is -4.59. The van der Waals surface area contributed by atoms with Crippen LogP contribution in [0.15, 0.2) is 33.5 Å². The lowest BCUT2D eigenvalue weighted by Crippen LogP contribution is -2.59. The van der Waals surface area contributed by atoms with Gasteiger partial charge in [0.25, 0.3) is 0 Å². The quantitative estimate of drug-likeness (QED) is 0.117. The number of aliphatic hydroxyl groups is 5. The Morgan fingerprint density at radius 3 is 2.04 bits per heavy atom. The van der Waals surface area contributed by atoms with E-state index in [-0.39, 0.29) is 16.9 Å². The zero-order chi connectivity index (χ0) is 34.5. The molecule has 2 fully saturated rings. The summed E-state index contributed by atoms with van der Waals surface area (Å²) in [6.45, 7) is 3.91. The molecule has 2 aliphatic heterocycles. The fourth-order valence-corrected chi connectivity index (χ4v) is 5.30. The Balaban J connectivity index is 1.65. The van der Waals surface area contributed by atoms with E-state index >= 15 is 0 Å². The van der Waals surface area contributed by atoms with Crippen molar-refractivity contribution in [2.75, 3.05) is 7.11 Å². The predicted molar refractivity (Wildman–Crippen MR) is 155 cm³/mol. The SMILES string of the molecule is COc1c(O[C@H]2O[C@@H](C)[C@H](O)[C@H](OC(C)=O)[C@@H]2O)cc2oc(-c3ccc(O)c(O)c3)c(O[C@@H]3O[C@H](C)[C@H](O)[C@H](O)[C@@H]3O)c(=O)c2c1O. The number of phenolic OH excluding ortho intramolecular Hbond substituents is 3. The number of aliphatic hydroxyl groups excluding tert-OH is 5. The summed E-state index contributed by atoms with van der Waals surface area (Å²) in [6.07, 6.45) is -15.0. The van der Waals surface area contributed by atoms with Crippen LogP contribution in [-0.4, -0.2) is 115 Å². The van der Waals surface area contributed by atoms with Crippen molar-refractivity contribution in [1.29, 1.82) is 0 Å². The molecule has 47 heavy (non-hydrogen) atoms. The zero-order valence-corrected chi connectivity index (χ0v) is 25.3. The van der Waals surface area contributed by atoms with Crippen LogP contribution in [0.5, 0.6) is 34.5 Å². The Morgan fingerprint density at radius 1 is 0.787 bits per heavy atom. The van der Waals surface area contributed by atoms with Gasteiger partial charge in [-0.1, -0.05) is 0 Å². The highest BCUT2D eigenvalue weighted by Crippen LogP contribution is 2.46. The van der Waals surface area contributed by atoms with Crippen molar-refractivity contribution < 1.29 is 78.5 Å². The molecule has 5 rings (SSSR count). The number of benzene rings is 2. The number of carbonyl (C=O) groups excluding carboxylic acids is 1. The first-order chi connectivity index (χ1) is 22.1. The highest BCUT2D eigenvalue weighted by molar-refractivity contribution is 5.91. The van der Waals surface area contributed by atoms with Gasteiger partial charge < -0.3 is 73.7 Å². The normalized spacial score (nSPS) is 30.9. The molecule has 256 valence electrons. The maximum Gasteiger partial charge on any atom is 0.303 e. The molecule has 8 N–H and O–H groups in total. The van der Waals surface area contributed by atoms with Crippen molar-refractivity contribution in [3.05, 3.63) is 34.5 Å². The molecule has 3 aromatic rings. The molecule has 0 saturated carbocycles. The summed E-state index contributed by atoms with van der Waals surface area (Å²) < 4.78 is 38.9. The monoisotopic (exact) mass is 666 g/mol. The fourth-order valence-electron chi connectivity index (χ4n) is 5.30. The number of aromatic hydroxyl groups is 3. The highest BCUT2D eigenvalue weighted by atomic mass is 16.7. The Labute approximate surface area is 265 Å². The first kappa shape index (κ1) is 34.0. The van der Waals surface area contributed by atoms with Crippen LogP contribution >= 0.6 is 0 Å². The molecule has 2 aromatic carbocycles. The molecular formula is C30H34O17. The third-order valence-corrected chi connectivity index (χ3v) is 7.85. The predicted octanol–water partition coefficient (Wildman–Crippen LogP) is -0.431. The number of fused-ring (bicyclic) bond motifs is 1. The van der Waals surface area contributed by atoms with E-state index in [1.165, 1.54) is 19.9 Å². The Bertz CT molecular complexity index is 1700. The maximum atomic E-state index is 14.0. The van der Waals surface area contributed by atoms with Crippen LogP contribution < -0.4 is 19.6 Å². The minimum atomic E-state index is -1.85. The second kappa shape index (κ2) is 13.0. The largest absolute Gasteiger partial charge is 0.504 e. The van der Waals surface area contributed by atoms with E-state index in [9.17, 15) is 50.4 Å². The molecule has 3 heterocycles. The molecule has 0 spiro atoms. The van der Waals surface area contributed by atoms with Crippen LogP contribution in [0.2, 0.25) is 0 Å². The lowest BCUT2D eigenvalue weighted by Gasteiger charge is -2.40. The number of phenols is 3. The summed E-state index contributed by atoms with van der Waals surface area (Å²) >= 11 is 0. The van der Waals surface area contributed by atoms with Gasteiger partial charge in [-0.25, -0.2) is 0 Å². The van der Waals surface area contributed by atoms with E-state index in [0.717, 1.165) is 32.2 Å². The Kier molecular flexibility index (Phi) is 9.43. The molecule has 1 aromatic heterocycles. The van der Waals surface area contributed by atoms with Crippen molar-refractivity contribution in [2.24, 2.45) is 0 Å². The van der Waals surface area contributed by atoms with Crippen LogP contribution in [0.3, 0.4) is 0 Å². The molecule has 17 nitrogen and oxygen atoms in total. The van der Waals surface area contributed by atoms with Crippen molar-refractivity contribution in [3.63, 3.8) is 0 Å². The number of ether oxygens (including phenoxy) is 6. The van der Waals surface area contributed by atoms with Crippen LogP contribution in [0, 0.1) is 0 Å². The Hall–Kier alpha value is -4.36. The average Bonchev–Trinajstić information content (AvgIpc) is 3.01. The molecule has 2 aliphatic rings. The van der Waals surface area contributed by atoms with Gasteiger partial charge in [-0.15, -0.1) is 0 Å². The summed E-state index contributed by atoms with van der Waals surface area (Å²) in [6, 6.07) is 4.47. The molecule has 2 saturated heterocycles. The van der Waals surface area contributed by atoms with E-state index in [0.29, 0.717) is 0 Å². The van der Waals surface area contributed by atoms with E-state index in [1.807, 2.05) is 0 Å². The van der Waals surface area contributed by atoms with Gasteiger partial charge in [0.15, 0.2) is 41.0 Å². The maximum absolute atomic E-state index is 14.0. The van der Waals surface area contributed by atoms with Crippen LogP contribution in [-0.2, 0) is 19.0 Å². The molecule has 0 bridgehead atoms. The summed E-state index contributed by atoms with van der Waals surface area (Å²) in [7, 11) is 1.13. The molecule has 0 radical (unpaired) electrons. The number of rotatable bonds is 7. The third-order valence-electron chi connectivity index (χ3n) is 7.85. The minimum absolute atomic E-state index is 0.0379. The number of methoxy groups -OCH3 is 1. The first-order valence-electron chi connectivity index (χ1n) is 14.3. The van der Waals surface area contributed by atoms with Gasteiger partial charge in [-0.2, -0.15) is 0 Å². The third kappa shape index (κ3) is 6.21. The van der Waals surface area contributed by atoms with Gasteiger partial charge in [-0.3, -0.25) is 9.59 Å². The van der Waals surface area contributed by atoms with Crippen LogP contribution in [0.1, 0.15) is 20.8 Å². The van der Waals surface area contributed by atoms with Gasteiger partial charge in [0.1, 0.15) is 35.4 Å². The highest BCUT2D eigenvalue weighted by Gasteiger charge is 2.47. The molecule has 17 heteroatoms. The van der Waals surface area contributed by atoms with E-state index in [2.05, 4.69) is 0 Å². The van der Waals surface area contributed by atoms with Gasteiger partial charge >= 0.3 is 5.97 Å². The number of carbonyl (C=O) groups is 1. The van der Waals surface area contributed by atoms with Crippen molar-refractivity contribution in [3.8, 4) is 45.8 Å². The van der Waals surface area contributed by atoms with Crippen LogP contribution in [0.25, 0.3) is 22.3 Å². The standard InChI is InChI=1S/C30H34O17/c1-9-18(34)22(38)23(39)29(42-9)47-28-21(37)17-15(45-25(28)12-5-6-13(32)14(33)7-12)8-16(26(41-4)20(17)36)46-30-24(40)27(44-11(3)31)19(35)10(2)43-30/h5-10,18-19,22-24,27,29-30,32-36,38-40H,1-4H3/t9-,10+,18+,19+,22+,23+,24+,27+,29+,30-/m1/s1. The van der Waals surface area contributed by atoms with Crippen molar-refractivity contribution in [1.82, 2.24) is 0 Å². The van der Waals surface area contributed by atoms with Crippen molar-refractivity contribution >= 4 is 16.9 Å². The van der Waals surface area contributed by atoms with Crippen molar-refractivity contribution in [2.45, 2.75) is 82.2 Å². The van der Waals surface area contributed by atoms with Gasteiger partial charge in [0.2, 0.25) is 29.5 Å². The molecular weight excluding hydrogens is 632 g/mol. The van der Waals surface area contributed by atoms with Gasteiger partial charge in [0, 0.05) is 18.6 Å². The lowest BCUT2D eigenvalue weighted by molar-refractivity contribution is -0.272.